The van der Waals surface area contributed by atoms with E-state index >= 15 is 0 Å². The van der Waals surface area contributed by atoms with Gasteiger partial charge in [0.05, 0.1) is 4.90 Å². The molecule has 1 aromatic carbocycles. The van der Waals surface area contributed by atoms with Gasteiger partial charge in [0.1, 0.15) is 5.82 Å². The zero-order chi connectivity index (χ0) is 14.6. The molecule has 108 valence electrons. The highest BCUT2D eigenvalue weighted by atomic mass is 32.2. The summed E-state index contributed by atoms with van der Waals surface area (Å²) < 4.78 is 22.6. The van der Waals surface area contributed by atoms with E-state index in [1.54, 1.807) is 24.5 Å². The number of imidazole rings is 1. The standard InChI is InChI=1S/C13H18N4O2S/c1-10(15-6-5-13-16-7-8-17-13)11-3-2-4-12(9-11)20(14,18)19/h2-4,7-10,15H,5-6H2,1H3,(H,16,17)(H2,14,18,19). The lowest BCUT2D eigenvalue weighted by atomic mass is 10.1. The summed E-state index contributed by atoms with van der Waals surface area (Å²) in [5.41, 5.74) is 0.885. The Hall–Kier alpha value is -1.70. The molecule has 0 fully saturated rings. The topological polar surface area (TPSA) is 101 Å². The Balaban J connectivity index is 1.97. The molecule has 0 radical (unpaired) electrons. The van der Waals surface area contributed by atoms with Crippen molar-refractivity contribution in [3.8, 4) is 0 Å². The third kappa shape index (κ3) is 3.89. The minimum Gasteiger partial charge on any atom is -0.349 e. The molecule has 0 aliphatic carbocycles. The summed E-state index contributed by atoms with van der Waals surface area (Å²) in [6.45, 7) is 2.72. The van der Waals surface area contributed by atoms with Gasteiger partial charge in [-0.15, -0.1) is 0 Å². The quantitative estimate of drug-likeness (QED) is 0.738. The van der Waals surface area contributed by atoms with E-state index in [0.29, 0.717) is 0 Å². The van der Waals surface area contributed by atoms with Gasteiger partial charge in [0.2, 0.25) is 10.0 Å². The summed E-state index contributed by atoms with van der Waals surface area (Å²) in [5.74, 6) is 0.919. The minimum atomic E-state index is -3.66. The highest BCUT2D eigenvalue weighted by Gasteiger charge is 2.11. The largest absolute Gasteiger partial charge is 0.349 e. The number of nitrogens with zero attached hydrogens (tertiary/aromatic N) is 1. The summed E-state index contributed by atoms with van der Waals surface area (Å²) in [6.07, 6.45) is 4.29. The minimum absolute atomic E-state index is 0.0339. The van der Waals surface area contributed by atoms with Gasteiger partial charge in [-0.1, -0.05) is 12.1 Å². The van der Waals surface area contributed by atoms with Gasteiger partial charge in [-0.05, 0) is 24.6 Å². The number of rotatable bonds is 6. The SMILES string of the molecule is CC(NCCc1ncc[nH]1)c1cccc(S(N)(=O)=O)c1. The van der Waals surface area contributed by atoms with E-state index in [-0.39, 0.29) is 10.9 Å². The number of nitrogens with two attached hydrogens (primary N) is 1. The Morgan fingerprint density at radius 3 is 2.90 bits per heavy atom. The molecule has 1 aromatic heterocycles. The first kappa shape index (κ1) is 14.7. The lowest BCUT2D eigenvalue weighted by molar-refractivity contribution is 0.569. The molecule has 0 spiro atoms. The second kappa shape index (κ2) is 6.17. The zero-order valence-electron chi connectivity index (χ0n) is 11.2. The molecular formula is C13H18N4O2S. The molecule has 2 aromatic rings. The maximum absolute atomic E-state index is 11.3. The van der Waals surface area contributed by atoms with Crippen molar-refractivity contribution in [3.63, 3.8) is 0 Å². The highest BCUT2D eigenvalue weighted by Crippen LogP contribution is 2.16. The summed E-state index contributed by atoms with van der Waals surface area (Å²) in [6, 6.07) is 6.69. The molecule has 6 nitrogen and oxygen atoms in total. The van der Waals surface area contributed by atoms with Gasteiger partial charge in [-0.3, -0.25) is 0 Å². The van der Waals surface area contributed by atoms with Crippen molar-refractivity contribution in [1.82, 2.24) is 15.3 Å². The van der Waals surface area contributed by atoms with Crippen molar-refractivity contribution in [2.75, 3.05) is 6.54 Å². The van der Waals surface area contributed by atoms with Crippen LogP contribution in [0.5, 0.6) is 0 Å². The number of nitrogens with one attached hydrogen (secondary N) is 2. The molecule has 0 bridgehead atoms. The molecule has 0 amide bonds. The smallest absolute Gasteiger partial charge is 0.238 e. The number of aromatic amines is 1. The Labute approximate surface area is 118 Å². The molecule has 1 heterocycles. The van der Waals surface area contributed by atoms with Crippen molar-refractivity contribution in [3.05, 3.63) is 48.0 Å². The fourth-order valence-corrected chi connectivity index (χ4v) is 2.49. The average molecular weight is 294 g/mol. The van der Waals surface area contributed by atoms with E-state index in [2.05, 4.69) is 15.3 Å². The number of H-pyrrole nitrogens is 1. The Morgan fingerprint density at radius 1 is 1.45 bits per heavy atom. The first-order chi connectivity index (χ1) is 9.47. The highest BCUT2D eigenvalue weighted by molar-refractivity contribution is 7.89. The van der Waals surface area contributed by atoms with Crippen LogP contribution in [0.4, 0.5) is 0 Å². The lowest BCUT2D eigenvalue weighted by Crippen LogP contribution is -2.22. The fourth-order valence-electron chi connectivity index (χ4n) is 1.92. The maximum Gasteiger partial charge on any atom is 0.238 e. The number of hydrogen-bond donors (Lipinski definition) is 3. The van der Waals surface area contributed by atoms with E-state index in [1.807, 2.05) is 13.0 Å². The van der Waals surface area contributed by atoms with Crippen LogP contribution in [-0.2, 0) is 16.4 Å². The van der Waals surface area contributed by atoms with Gasteiger partial charge in [0, 0.05) is 31.4 Å². The summed E-state index contributed by atoms with van der Waals surface area (Å²) in [7, 11) is -3.66. The number of benzene rings is 1. The van der Waals surface area contributed by atoms with E-state index in [4.69, 9.17) is 5.14 Å². The molecule has 0 aliphatic heterocycles. The summed E-state index contributed by atoms with van der Waals surface area (Å²) >= 11 is 0. The van der Waals surface area contributed by atoms with Gasteiger partial charge >= 0.3 is 0 Å². The second-order valence-corrected chi connectivity index (χ2v) is 6.14. The van der Waals surface area contributed by atoms with Crippen LogP contribution in [0.25, 0.3) is 0 Å². The predicted octanol–water partition coefficient (Wildman–Crippen LogP) is 0.950. The van der Waals surface area contributed by atoms with E-state index < -0.39 is 10.0 Å². The second-order valence-electron chi connectivity index (χ2n) is 4.58. The molecule has 1 unspecified atom stereocenters. The average Bonchev–Trinajstić information content (AvgIpc) is 2.91. The third-order valence-corrected chi connectivity index (χ3v) is 3.96. The molecular weight excluding hydrogens is 276 g/mol. The van der Waals surface area contributed by atoms with Gasteiger partial charge in [-0.25, -0.2) is 18.5 Å². The van der Waals surface area contributed by atoms with Gasteiger partial charge < -0.3 is 10.3 Å². The molecule has 1 atom stereocenters. The summed E-state index contributed by atoms with van der Waals surface area (Å²) in [5, 5.41) is 8.45. The molecule has 20 heavy (non-hydrogen) atoms. The van der Waals surface area contributed by atoms with Gasteiger partial charge in [0.25, 0.3) is 0 Å². The molecule has 0 saturated carbocycles. The van der Waals surface area contributed by atoms with Crippen molar-refractivity contribution >= 4 is 10.0 Å². The first-order valence-electron chi connectivity index (χ1n) is 6.31. The van der Waals surface area contributed by atoms with Crippen LogP contribution in [-0.4, -0.2) is 24.9 Å². The number of aromatic nitrogens is 2. The molecule has 2 rings (SSSR count). The van der Waals surface area contributed by atoms with E-state index in [1.165, 1.54) is 6.07 Å². The van der Waals surface area contributed by atoms with Crippen LogP contribution < -0.4 is 10.5 Å². The van der Waals surface area contributed by atoms with Crippen LogP contribution >= 0.6 is 0 Å². The maximum atomic E-state index is 11.3. The molecule has 7 heteroatoms. The van der Waals surface area contributed by atoms with Crippen LogP contribution in [0.3, 0.4) is 0 Å². The number of primary sulfonamides is 1. The number of hydrogen-bond acceptors (Lipinski definition) is 4. The first-order valence-corrected chi connectivity index (χ1v) is 7.86. The zero-order valence-corrected chi connectivity index (χ0v) is 12.0. The Kier molecular flexibility index (Phi) is 4.53. The van der Waals surface area contributed by atoms with E-state index in [9.17, 15) is 8.42 Å². The third-order valence-electron chi connectivity index (χ3n) is 3.05. The van der Waals surface area contributed by atoms with Crippen molar-refractivity contribution in [2.45, 2.75) is 24.3 Å². The van der Waals surface area contributed by atoms with Crippen molar-refractivity contribution < 1.29 is 8.42 Å². The van der Waals surface area contributed by atoms with Crippen LogP contribution in [0.2, 0.25) is 0 Å². The molecule has 4 N–H and O–H groups in total. The van der Waals surface area contributed by atoms with Crippen molar-refractivity contribution in [2.24, 2.45) is 5.14 Å². The number of sulfonamides is 1. The summed E-state index contributed by atoms with van der Waals surface area (Å²) in [4.78, 5) is 7.31. The van der Waals surface area contributed by atoms with Crippen LogP contribution in [0.1, 0.15) is 24.4 Å². The predicted molar refractivity (Wildman–Crippen MR) is 76.5 cm³/mol. The Morgan fingerprint density at radius 2 is 2.25 bits per heavy atom. The van der Waals surface area contributed by atoms with Gasteiger partial charge in [-0.2, -0.15) is 0 Å². The van der Waals surface area contributed by atoms with Crippen LogP contribution in [0, 0.1) is 0 Å². The van der Waals surface area contributed by atoms with Crippen molar-refractivity contribution in [1.29, 1.82) is 0 Å². The van der Waals surface area contributed by atoms with Crippen LogP contribution in [0.15, 0.2) is 41.6 Å². The molecule has 0 aliphatic rings. The lowest BCUT2D eigenvalue weighted by Gasteiger charge is -2.14. The van der Waals surface area contributed by atoms with Gasteiger partial charge in [0.15, 0.2) is 0 Å². The molecule has 0 saturated heterocycles. The monoisotopic (exact) mass is 294 g/mol. The van der Waals surface area contributed by atoms with E-state index in [0.717, 1.165) is 24.4 Å². The Bertz CT molecular complexity index is 653. The normalized spacial score (nSPS) is 13.3. The fraction of sp³-hybridized carbons (Fsp3) is 0.308.